The summed E-state index contributed by atoms with van der Waals surface area (Å²) in [6.45, 7) is 4.16. The van der Waals surface area contributed by atoms with Crippen LogP contribution < -0.4 is 0 Å². The summed E-state index contributed by atoms with van der Waals surface area (Å²) in [5.74, 6) is 0. The predicted molar refractivity (Wildman–Crippen MR) is 112 cm³/mol. The van der Waals surface area contributed by atoms with Gasteiger partial charge in [0, 0.05) is 20.8 Å². The van der Waals surface area contributed by atoms with Gasteiger partial charge in [-0.3, -0.25) is 0 Å². The van der Waals surface area contributed by atoms with Gasteiger partial charge >= 0.3 is 0 Å². The predicted octanol–water partition coefficient (Wildman–Crippen LogP) is 7.99. The number of hydrogen-bond donors (Lipinski definition) is 0. The summed E-state index contributed by atoms with van der Waals surface area (Å²) in [5.41, 5.74) is 4.19. The van der Waals surface area contributed by atoms with E-state index in [-0.39, 0.29) is 0 Å². The first-order valence-electron chi connectivity index (χ1n) is 8.52. The molecular weight excluding hydrogens is 372 g/mol. The van der Waals surface area contributed by atoms with E-state index in [0.717, 1.165) is 33.2 Å². The van der Waals surface area contributed by atoms with E-state index in [2.05, 4.69) is 83.5 Å². The number of rotatable bonds is 2. The lowest BCUT2D eigenvalue weighted by molar-refractivity contribution is 0.670. The van der Waals surface area contributed by atoms with Gasteiger partial charge in [-0.1, -0.05) is 83.5 Å². The molecule has 0 atom stereocenters. The molecule has 1 heterocycles. The van der Waals surface area contributed by atoms with E-state index in [1.54, 1.807) is 0 Å². The van der Waals surface area contributed by atoms with Crippen molar-refractivity contribution < 1.29 is 4.42 Å². The normalized spacial score (nSPS) is 11.0. The lowest BCUT2D eigenvalue weighted by Gasteiger charge is -2.02. The summed E-state index contributed by atoms with van der Waals surface area (Å²) < 4.78 is 7.14. The molecule has 0 aliphatic rings. The van der Waals surface area contributed by atoms with Gasteiger partial charge in [0.15, 0.2) is 0 Å². The van der Waals surface area contributed by atoms with Crippen LogP contribution >= 0.6 is 15.9 Å². The van der Waals surface area contributed by atoms with Crippen LogP contribution in [-0.2, 0) is 0 Å². The average molecular weight is 393 g/mol. The minimum absolute atomic E-state index is 0.937. The summed E-state index contributed by atoms with van der Waals surface area (Å²) in [7, 11) is 0. The molecule has 2 heteroatoms. The van der Waals surface area contributed by atoms with E-state index >= 15 is 0 Å². The quantitative estimate of drug-likeness (QED) is 0.315. The lowest BCUT2D eigenvalue weighted by Crippen LogP contribution is -1.78. The molecule has 1 nitrogen and oxygen atoms in total. The molecule has 0 aliphatic heterocycles. The van der Waals surface area contributed by atoms with E-state index in [0.29, 0.717) is 0 Å². The molecule has 25 heavy (non-hydrogen) atoms. The molecule has 0 radical (unpaired) electrons. The van der Waals surface area contributed by atoms with Gasteiger partial charge in [0.2, 0.25) is 0 Å². The van der Waals surface area contributed by atoms with Crippen molar-refractivity contribution in [1.29, 1.82) is 0 Å². The number of para-hydroxylation sites is 2. The van der Waals surface area contributed by atoms with Crippen LogP contribution in [0.25, 0.3) is 33.1 Å². The third-order valence-corrected chi connectivity index (χ3v) is 4.56. The number of fused-ring (bicyclic) bond motifs is 3. The van der Waals surface area contributed by atoms with E-state index in [1.165, 1.54) is 10.8 Å². The van der Waals surface area contributed by atoms with Crippen molar-refractivity contribution in [1.82, 2.24) is 0 Å². The number of furan rings is 1. The van der Waals surface area contributed by atoms with Crippen molar-refractivity contribution in [2.24, 2.45) is 0 Å². The number of hydrogen-bond acceptors (Lipinski definition) is 1. The highest BCUT2D eigenvalue weighted by Gasteiger charge is 2.11. The van der Waals surface area contributed by atoms with E-state index in [9.17, 15) is 0 Å². The molecule has 3 aromatic carbocycles. The Morgan fingerprint density at radius 1 is 0.880 bits per heavy atom. The average Bonchev–Trinajstić information content (AvgIpc) is 3.02. The van der Waals surface area contributed by atoms with E-state index < -0.39 is 0 Å². The fraction of sp³-hybridized carbons (Fsp3) is 0.130. The first-order chi connectivity index (χ1) is 12.2. The SMILES string of the molecule is Brc1ccc(-c2cccc3c2oc2ccccc23)cc1.C/C=C\CC. The van der Waals surface area contributed by atoms with Crippen LogP contribution in [0.1, 0.15) is 20.3 Å². The smallest absolute Gasteiger partial charge is 0.143 e. The summed E-state index contributed by atoms with van der Waals surface area (Å²) in [4.78, 5) is 0. The Morgan fingerprint density at radius 3 is 2.28 bits per heavy atom. The molecule has 4 rings (SSSR count). The van der Waals surface area contributed by atoms with Gasteiger partial charge in [-0.15, -0.1) is 0 Å². The highest BCUT2D eigenvalue weighted by atomic mass is 79.9. The second kappa shape index (κ2) is 8.17. The van der Waals surface area contributed by atoms with Gasteiger partial charge in [-0.05, 0) is 37.1 Å². The van der Waals surface area contributed by atoms with Crippen LogP contribution in [0.4, 0.5) is 0 Å². The number of halogens is 1. The molecule has 0 fully saturated rings. The lowest BCUT2D eigenvalue weighted by atomic mass is 10.0. The zero-order chi connectivity index (χ0) is 17.6. The second-order valence-electron chi connectivity index (χ2n) is 5.76. The molecule has 4 aromatic rings. The van der Waals surface area contributed by atoms with Crippen LogP contribution in [0.5, 0.6) is 0 Å². The molecule has 0 saturated carbocycles. The second-order valence-corrected chi connectivity index (χ2v) is 6.68. The minimum Gasteiger partial charge on any atom is -0.455 e. The molecule has 0 amide bonds. The molecule has 0 spiro atoms. The van der Waals surface area contributed by atoms with Gasteiger partial charge in [-0.2, -0.15) is 0 Å². The Kier molecular flexibility index (Phi) is 5.72. The molecular formula is C23H21BrO. The molecule has 0 unspecified atom stereocenters. The van der Waals surface area contributed by atoms with Crippen LogP contribution in [0.2, 0.25) is 0 Å². The van der Waals surface area contributed by atoms with Crippen molar-refractivity contribution >= 4 is 37.9 Å². The fourth-order valence-corrected chi connectivity index (χ4v) is 3.10. The van der Waals surface area contributed by atoms with Gasteiger partial charge in [0.05, 0.1) is 0 Å². The van der Waals surface area contributed by atoms with Crippen LogP contribution in [-0.4, -0.2) is 0 Å². The zero-order valence-electron chi connectivity index (χ0n) is 14.5. The Hall–Kier alpha value is -2.32. The fourth-order valence-electron chi connectivity index (χ4n) is 2.84. The van der Waals surface area contributed by atoms with Crippen LogP contribution in [0.15, 0.2) is 87.8 Å². The van der Waals surface area contributed by atoms with Gasteiger partial charge < -0.3 is 4.42 Å². The van der Waals surface area contributed by atoms with E-state index in [1.807, 2.05) is 25.1 Å². The maximum absolute atomic E-state index is 6.06. The summed E-state index contributed by atoms with van der Waals surface area (Å²) in [5, 5.41) is 2.34. The zero-order valence-corrected chi connectivity index (χ0v) is 16.1. The van der Waals surface area contributed by atoms with E-state index in [4.69, 9.17) is 4.42 Å². The molecule has 126 valence electrons. The maximum Gasteiger partial charge on any atom is 0.143 e. The summed E-state index contributed by atoms with van der Waals surface area (Å²) >= 11 is 3.47. The van der Waals surface area contributed by atoms with Crippen molar-refractivity contribution in [2.75, 3.05) is 0 Å². The molecule has 0 bridgehead atoms. The molecule has 0 aliphatic carbocycles. The van der Waals surface area contributed by atoms with Crippen molar-refractivity contribution in [3.8, 4) is 11.1 Å². The Balaban J connectivity index is 0.000000324. The van der Waals surface area contributed by atoms with Crippen LogP contribution in [0.3, 0.4) is 0 Å². The van der Waals surface area contributed by atoms with Gasteiger partial charge in [0.25, 0.3) is 0 Å². The third kappa shape index (κ3) is 3.85. The summed E-state index contributed by atoms with van der Waals surface area (Å²) in [6.07, 6.45) is 5.34. The number of allylic oxidation sites excluding steroid dienone is 2. The molecule has 0 saturated heterocycles. The van der Waals surface area contributed by atoms with Crippen molar-refractivity contribution in [2.45, 2.75) is 20.3 Å². The van der Waals surface area contributed by atoms with Crippen molar-refractivity contribution in [3.05, 3.63) is 83.4 Å². The first-order valence-corrected chi connectivity index (χ1v) is 9.31. The summed E-state index contributed by atoms with van der Waals surface area (Å²) in [6, 6.07) is 22.8. The molecule has 1 aromatic heterocycles. The minimum atomic E-state index is 0.937. The highest BCUT2D eigenvalue weighted by molar-refractivity contribution is 9.10. The highest BCUT2D eigenvalue weighted by Crippen LogP contribution is 2.35. The largest absolute Gasteiger partial charge is 0.455 e. The van der Waals surface area contributed by atoms with Gasteiger partial charge in [-0.25, -0.2) is 0 Å². The first kappa shape index (κ1) is 17.5. The Morgan fingerprint density at radius 2 is 1.60 bits per heavy atom. The van der Waals surface area contributed by atoms with Gasteiger partial charge in [0.1, 0.15) is 11.2 Å². The topological polar surface area (TPSA) is 13.1 Å². The maximum atomic E-state index is 6.06. The van der Waals surface area contributed by atoms with Crippen LogP contribution in [0, 0.1) is 0 Å². The Bertz CT molecular complexity index is 994. The third-order valence-electron chi connectivity index (χ3n) is 4.03. The standard InChI is InChI=1S/C18H11BrO.C5H10/c19-13-10-8-12(9-11-13)14-5-3-6-16-15-4-1-2-7-17(15)20-18(14)16;1-3-5-4-2/h1-11H;3,5H,4H2,1-2H3/b;5-3-. The number of benzene rings is 3. The van der Waals surface area contributed by atoms with Crippen molar-refractivity contribution in [3.63, 3.8) is 0 Å². The monoisotopic (exact) mass is 392 g/mol. The molecule has 0 N–H and O–H groups in total. The Labute approximate surface area is 157 Å².